The van der Waals surface area contributed by atoms with Gasteiger partial charge in [-0.25, -0.2) is 0 Å². The van der Waals surface area contributed by atoms with Crippen molar-refractivity contribution in [3.8, 4) is 0 Å². The zero-order valence-electron chi connectivity index (χ0n) is 11.0. The summed E-state index contributed by atoms with van der Waals surface area (Å²) < 4.78 is 0. The quantitative estimate of drug-likeness (QED) is 0.837. The first-order valence-corrected chi connectivity index (χ1v) is 6.48. The average molecular weight is 233 g/mol. The van der Waals surface area contributed by atoms with Gasteiger partial charge in [0.2, 0.25) is 0 Å². The Morgan fingerprint density at radius 1 is 1.35 bits per heavy atom. The van der Waals surface area contributed by atoms with E-state index >= 15 is 0 Å². The van der Waals surface area contributed by atoms with Gasteiger partial charge in [-0.3, -0.25) is 0 Å². The minimum atomic E-state index is -0.262. The Hall–Kier alpha value is -0.860. The highest BCUT2D eigenvalue weighted by molar-refractivity contribution is 5.27. The lowest BCUT2D eigenvalue weighted by atomic mass is 9.56. The van der Waals surface area contributed by atoms with E-state index in [1.807, 2.05) is 6.92 Å². The Bertz CT molecular complexity index is 358. The highest BCUT2D eigenvalue weighted by Crippen LogP contribution is 2.52. The minimum Gasteiger partial charge on any atom is -0.392 e. The Kier molecular flexibility index (Phi) is 3.55. The molecule has 1 aromatic rings. The van der Waals surface area contributed by atoms with E-state index in [1.165, 1.54) is 12.0 Å². The predicted molar refractivity (Wildman–Crippen MR) is 71.1 cm³/mol. The van der Waals surface area contributed by atoms with Gasteiger partial charge >= 0.3 is 0 Å². The normalized spacial score (nSPS) is 28.5. The van der Waals surface area contributed by atoms with Gasteiger partial charge in [0.1, 0.15) is 0 Å². The summed E-state index contributed by atoms with van der Waals surface area (Å²) in [6.07, 6.45) is 0.908. The topological polar surface area (TPSA) is 32.3 Å². The predicted octanol–water partition coefficient (Wildman–Crippen LogP) is 2.54. The van der Waals surface area contributed by atoms with Crippen molar-refractivity contribution in [1.82, 2.24) is 5.32 Å². The van der Waals surface area contributed by atoms with E-state index < -0.39 is 0 Å². The maximum Gasteiger partial charge on any atom is 0.0636 e. The van der Waals surface area contributed by atoms with Crippen molar-refractivity contribution in [3.63, 3.8) is 0 Å². The van der Waals surface area contributed by atoms with Crippen LogP contribution in [0, 0.1) is 5.41 Å². The van der Waals surface area contributed by atoms with Crippen LogP contribution in [0.4, 0.5) is 0 Å². The van der Waals surface area contributed by atoms with Crippen molar-refractivity contribution in [2.24, 2.45) is 5.41 Å². The third kappa shape index (κ3) is 2.53. The van der Waals surface area contributed by atoms with Crippen molar-refractivity contribution in [2.75, 3.05) is 6.54 Å². The van der Waals surface area contributed by atoms with Crippen molar-refractivity contribution in [3.05, 3.63) is 35.9 Å². The van der Waals surface area contributed by atoms with Crippen LogP contribution >= 0.6 is 0 Å². The van der Waals surface area contributed by atoms with Crippen molar-refractivity contribution in [2.45, 2.75) is 45.3 Å². The second kappa shape index (κ2) is 4.79. The molecule has 1 aliphatic carbocycles. The second-order valence-electron chi connectivity index (χ2n) is 5.83. The lowest BCUT2D eigenvalue weighted by Gasteiger charge is -2.53. The van der Waals surface area contributed by atoms with Crippen molar-refractivity contribution >= 4 is 0 Å². The molecule has 2 heteroatoms. The van der Waals surface area contributed by atoms with Gasteiger partial charge in [0.15, 0.2) is 0 Å². The third-order valence-corrected chi connectivity index (χ3v) is 4.13. The fourth-order valence-electron chi connectivity index (χ4n) is 2.84. The van der Waals surface area contributed by atoms with E-state index in [2.05, 4.69) is 49.5 Å². The molecule has 1 saturated carbocycles. The van der Waals surface area contributed by atoms with Crippen LogP contribution in [0.2, 0.25) is 0 Å². The van der Waals surface area contributed by atoms with E-state index in [9.17, 15) is 5.11 Å². The summed E-state index contributed by atoms with van der Waals surface area (Å²) in [6, 6.07) is 11.2. The van der Waals surface area contributed by atoms with Gasteiger partial charge in [-0.2, -0.15) is 0 Å². The van der Waals surface area contributed by atoms with Crippen LogP contribution in [0.1, 0.15) is 38.7 Å². The van der Waals surface area contributed by atoms with Crippen molar-refractivity contribution < 1.29 is 5.11 Å². The second-order valence-corrected chi connectivity index (χ2v) is 5.83. The van der Waals surface area contributed by atoms with Crippen LogP contribution < -0.4 is 5.32 Å². The molecule has 2 nitrogen and oxygen atoms in total. The Balaban J connectivity index is 1.98. The van der Waals surface area contributed by atoms with E-state index in [4.69, 9.17) is 0 Å². The molecule has 0 aliphatic heterocycles. The van der Waals surface area contributed by atoms with Gasteiger partial charge in [0.25, 0.3) is 0 Å². The van der Waals surface area contributed by atoms with Gasteiger partial charge in [0, 0.05) is 12.6 Å². The number of aliphatic hydroxyl groups is 1. The molecule has 17 heavy (non-hydrogen) atoms. The highest BCUT2D eigenvalue weighted by atomic mass is 16.3. The summed E-state index contributed by atoms with van der Waals surface area (Å²) in [6.45, 7) is 7.14. The fourth-order valence-corrected chi connectivity index (χ4v) is 2.84. The van der Waals surface area contributed by atoms with E-state index in [-0.39, 0.29) is 11.5 Å². The molecule has 0 radical (unpaired) electrons. The molecule has 0 saturated heterocycles. The zero-order chi connectivity index (χ0) is 12.5. The van der Waals surface area contributed by atoms with Gasteiger partial charge in [-0.1, -0.05) is 44.2 Å². The first-order chi connectivity index (χ1) is 8.01. The standard InChI is InChI=1S/C15H23NO/c1-11(17)10-16-14-9-13(15(14,2)3)12-7-5-4-6-8-12/h4-8,11,13-14,16-17H,9-10H2,1-3H3/t11-,13+,14-/m0/s1. The Morgan fingerprint density at radius 2 is 2.00 bits per heavy atom. The zero-order valence-corrected chi connectivity index (χ0v) is 11.0. The van der Waals surface area contributed by atoms with Crippen LogP contribution in [0.25, 0.3) is 0 Å². The SMILES string of the molecule is C[C@H](O)CN[C@H]1C[C@H](c2ccccc2)C1(C)C. The highest BCUT2D eigenvalue weighted by Gasteiger charge is 2.48. The molecule has 0 amide bonds. The summed E-state index contributed by atoms with van der Waals surface area (Å²) >= 11 is 0. The lowest BCUT2D eigenvalue weighted by molar-refractivity contribution is 0.0579. The molecule has 2 rings (SSSR count). The maximum absolute atomic E-state index is 9.31. The summed E-state index contributed by atoms with van der Waals surface area (Å²) in [5.41, 5.74) is 1.71. The summed E-state index contributed by atoms with van der Waals surface area (Å²) in [7, 11) is 0. The Labute approximate surface area is 104 Å². The largest absolute Gasteiger partial charge is 0.392 e. The third-order valence-electron chi connectivity index (χ3n) is 4.13. The summed E-state index contributed by atoms with van der Waals surface area (Å²) in [5, 5.41) is 12.8. The number of hydrogen-bond acceptors (Lipinski definition) is 2. The average Bonchev–Trinajstić information content (AvgIpc) is 2.28. The molecule has 2 N–H and O–H groups in total. The Morgan fingerprint density at radius 3 is 2.53 bits per heavy atom. The summed E-state index contributed by atoms with van der Waals surface area (Å²) in [4.78, 5) is 0. The fraction of sp³-hybridized carbons (Fsp3) is 0.600. The number of rotatable bonds is 4. The molecule has 94 valence electrons. The number of benzene rings is 1. The van der Waals surface area contributed by atoms with Crippen LogP contribution in [-0.2, 0) is 0 Å². The monoisotopic (exact) mass is 233 g/mol. The van der Waals surface area contributed by atoms with Crippen LogP contribution in [-0.4, -0.2) is 23.8 Å². The molecule has 1 aromatic carbocycles. The van der Waals surface area contributed by atoms with Crippen molar-refractivity contribution in [1.29, 1.82) is 0 Å². The van der Waals surface area contributed by atoms with Crippen LogP contribution in [0.15, 0.2) is 30.3 Å². The molecule has 0 bridgehead atoms. The van der Waals surface area contributed by atoms with E-state index in [1.54, 1.807) is 0 Å². The molecule has 0 spiro atoms. The van der Waals surface area contributed by atoms with E-state index in [0.29, 0.717) is 18.5 Å². The molecule has 0 unspecified atom stereocenters. The number of nitrogens with one attached hydrogen (secondary N) is 1. The molecule has 0 heterocycles. The van der Waals surface area contributed by atoms with Crippen LogP contribution in [0.3, 0.4) is 0 Å². The lowest BCUT2D eigenvalue weighted by Crippen LogP contribution is -2.56. The molecular weight excluding hydrogens is 210 g/mol. The van der Waals surface area contributed by atoms with Gasteiger partial charge in [0.05, 0.1) is 6.10 Å². The first kappa shape index (κ1) is 12.6. The van der Waals surface area contributed by atoms with Gasteiger partial charge in [-0.05, 0) is 30.2 Å². The molecule has 3 atom stereocenters. The number of hydrogen-bond donors (Lipinski definition) is 2. The number of aliphatic hydroxyl groups excluding tert-OH is 1. The molecular formula is C15H23NO. The smallest absolute Gasteiger partial charge is 0.0636 e. The molecule has 1 aliphatic rings. The first-order valence-electron chi connectivity index (χ1n) is 6.48. The summed E-state index contributed by atoms with van der Waals surface area (Å²) in [5.74, 6) is 0.634. The van der Waals surface area contributed by atoms with Gasteiger partial charge < -0.3 is 10.4 Å². The van der Waals surface area contributed by atoms with Crippen LogP contribution in [0.5, 0.6) is 0 Å². The van der Waals surface area contributed by atoms with Gasteiger partial charge in [-0.15, -0.1) is 0 Å². The van der Waals surface area contributed by atoms with E-state index in [0.717, 1.165) is 0 Å². The molecule has 1 fully saturated rings. The maximum atomic E-state index is 9.31. The minimum absolute atomic E-state index is 0.262. The molecule has 0 aromatic heterocycles.